The molecule has 0 bridgehead atoms. The quantitative estimate of drug-likeness (QED) is 0.179. The van der Waals surface area contributed by atoms with Crippen molar-refractivity contribution in [1.29, 1.82) is 0 Å². The lowest BCUT2D eigenvalue weighted by atomic mass is 9.84. The molecule has 1 aliphatic rings. The summed E-state index contributed by atoms with van der Waals surface area (Å²) in [6.07, 6.45) is 4.39. The number of aryl methyl sites for hydroxylation is 2. The molecule has 0 N–H and O–H groups in total. The van der Waals surface area contributed by atoms with Crippen LogP contribution in [0.1, 0.15) is 74.5 Å². The third-order valence-corrected chi connectivity index (χ3v) is 8.88. The fraction of sp³-hybridized carbons (Fsp3) is 0.244. The number of nitrogens with zero attached hydrogens (tertiary/aromatic N) is 2. The molecule has 1 aliphatic heterocycles. The van der Waals surface area contributed by atoms with E-state index < -0.39 is 0 Å². The van der Waals surface area contributed by atoms with Gasteiger partial charge in [0.2, 0.25) is 6.34 Å². The van der Waals surface area contributed by atoms with Gasteiger partial charge in [-0.1, -0.05) is 150 Å². The molecule has 0 spiro atoms. The second kappa shape index (κ2) is 12.1. The first-order valence-corrected chi connectivity index (χ1v) is 15.7. The van der Waals surface area contributed by atoms with Gasteiger partial charge >= 0.3 is 0 Å². The molecular weight excluding hydrogens is 520 g/mol. The lowest BCUT2D eigenvalue weighted by molar-refractivity contribution is -0.482. The Balaban J connectivity index is 1.69. The monoisotopic (exact) mass is 563 g/mol. The number of anilines is 1. The summed E-state index contributed by atoms with van der Waals surface area (Å²) in [5.74, 6) is 0. The molecule has 5 aromatic rings. The maximum Gasteiger partial charge on any atom is 0.245 e. The summed E-state index contributed by atoms with van der Waals surface area (Å²) >= 11 is 0. The second-order valence-corrected chi connectivity index (χ2v) is 12.6. The number of rotatable bonds is 7. The normalized spacial score (nSPS) is 16.8. The molecule has 0 saturated heterocycles. The zero-order valence-corrected chi connectivity index (χ0v) is 26.2. The molecule has 0 aromatic heterocycles. The van der Waals surface area contributed by atoms with E-state index in [1.165, 1.54) is 50.3 Å². The maximum atomic E-state index is 2.59. The van der Waals surface area contributed by atoms with Crippen molar-refractivity contribution in [1.82, 2.24) is 0 Å². The van der Waals surface area contributed by atoms with E-state index in [0.717, 1.165) is 12.8 Å². The summed E-state index contributed by atoms with van der Waals surface area (Å²) in [5.41, 5.74) is 11.8. The van der Waals surface area contributed by atoms with Gasteiger partial charge in [0, 0.05) is 16.7 Å². The van der Waals surface area contributed by atoms with Crippen LogP contribution in [0, 0.1) is 0 Å². The van der Waals surface area contributed by atoms with Crippen molar-refractivity contribution >= 4 is 17.7 Å². The van der Waals surface area contributed by atoms with E-state index in [1.54, 1.807) is 0 Å². The fourth-order valence-electron chi connectivity index (χ4n) is 6.60. The average Bonchev–Trinajstić information content (AvgIpc) is 3.45. The second-order valence-electron chi connectivity index (χ2n) is 12.6. The first kappa shape index (κ1) is 28.7. The lowest BCUT2D eigenvalue weighted by Gasteiger charge is -2.27. The van der Waals surface area contributed by atoms with Crippen LogP contribution in [0.4, 0.5) is 11.4 Å². The Labute approximate surface area is 258 Å². The van der Waals surface area contributed by atoms with Crippen LogP contribution in [0.25, 0.3) is 11.1 Å². The van der Waals surface area contributed by atoms with Crippen molar-refractivity contribution in [3.05, 3.63) is 155 Å². The molecule has 1 heterocycles. The number of para-hydroxylation sites is 1. The molecule has 0 aliphatic carbocycles. The minimum atomic E-state index is 0.0225. The van der Waals surface area contributed by atoms with Crippen molar-refractivity contribution < 1.29 is 4.58 Å². The predicted molar refractivity (Wildman–Crippen MR) is 183 cm³/mol. The van der Waals surface area contributed by atoms with Crippen molar-refractivity contribution in [3.8, 4) is 11.1 Å². The third kappa shape index (κ3) is 5.55. The molecule has 2 atom stereocenters. The van der Waals surface area contributed by atoms with Crippen molar-refractivity contribution in [2.45, 2.75) is 65.0 Å². The van der Waals surface area contributed by atoms with E-state index in [1.807, 2.05) is 0 Å². The van der Waals surface area contributed by atoms with Crippen LogP contribution in [-0.4, -0.2) is 10.9 Å². The summed E-state index contributed by atoms with van der Waals surface area (Å²) in [4.78, 5) is 2.57. The minimum absolute atomic E-state index is 0.0225. The van der Waals surface area contributed by atoms with E-state index in [2.05, 4.69) is 178 Å². The Kier molecular flexibility index (Phi) is 8.04. The Morgan fingerprint density at radius 3 is 1.74 bits per heavy atom. The van der Waals surface area contributed by atoms with Crippen LogP contribution in [0.2, 0.25) is 0 Å². The molecule has 216 valence electrons. The fourth-order valence-corrected chi connectivity index (χ4v) is 6.60. The molecule has 0 amide bonds. The zero-order valence-electron chi connectivity index (χ0n) is 26.2. The van der Waals surface area contributed by atoms with E-state index in [4.69, 9.17) is 0 Å². The van der Waals surface area contributed by atoms with Gasteiger partial charge in [0.05, 0.1) is 0 Å². The SMILES string of the molecule is CCc1cccc(CC)c1[N+]1=CN(c2cc(C(C)(C)C)ccc2-c2ccccc2)[C@@H](c2ccccc2)[C@@H]1c1ccccc1. The highest BCUT2D eigenvalue weighted by atomic mass is 15.3. The molecule has 0 unspecified atom stereocenters. The van der Waals surface area contributed by atoms with Crippen LogP contribution >= 0.6 is 0 Å². The smallest absolute Gasteiger partial charge is 0.221 e. The van der Waals surface area contributed by atoms with Gasteiger partial charge in [-0.25, -0.2) is 9.48 Å². The Hall–Kier alpha value is -4.43. The minimum Gasteiger partial charge on any atom is -0.221 e. The molecule has 2 nitrogen and oxygen atoms in total. The molecule has 0 saturated carbocycles. The molecular formula is C41H43N2+. The largest absolute Gasteiger partial charge is 0.245 e. The van der Waals surface area contributed by atoms with Crippen LogP contribution in [0.15, 0.2) is 127 Å². The Bertz CT molecular complexity index is 1690. The van der Waals surface area contributed by atoms with Crippen molar-refractivity contribution in [2.24, 2.45) is 0 Å². The molecule has 5 aromatic carbocycles. The van der Waals surface area contributed by atoms with Crippen LogP contribution in [0.5, 0.6) is 0 Å². The first-order chi connectivity index (χ1) is 20.9. The topological polar surface area (TPSA) is 6.25 Å². The molecule has 2 heteroatoms. The lowest BCUT2D eigenvalue weighted by Crippen LogP contribution is -2.27. The van der Waals surface area contributed by atoms with Crippen LogP contribution < -0.4 is 4.90 Å². The Morgan fingerprint density at radius 2 is 1.19 bits per heavy atom. The average molecular weight is 564 g/mol. The van der Waals surface area contributed by atoms with Crippen LogP contribution in [-0.2, 0) is 18.3 Å². The summed E-state index contributed by atoms with van der Waals surface area (Å²) in [6.45, 7) is 11.5. The van der Waals surface area contributed by atoms with Gasteiger partial charge in [0.15, 0.2) is 12.1 Å². The zero-order chi connectivity index (χ0) is 30.0. The van der Waals surface area contributed by atoms with Gasteiger partial charge in [0.25, 0.3) is 0 Å². The van der Waals surface area contributed by atoms with Gasteiger partial charge in [-0.2, -0.15) is 0 Å². The summed E-state index contributed by atoms with van der Waals surface area (Å²) in [6, 6.07) is 47.1. The van der Waals surface area contributed by atoms with E-state index in [0.29, 0.717) is 0 Å². The van der Waals surface area contributed by atoms with Crippen LogP contribution in [0.3, 0.4) is 0 Å². The highest BCUT2D eigenvalue weighted by Crippen LogP contribution is 2.49. The molecule has 6 rings (SSSR count). The first-order valence-electron chi connectivity index (χ1n) is 15.7. The Morgan fingerprint density at radius 1 is 0.628 bits per heavy atom. The molecule has 0 fully saturated rings. The predicted octanol–water partition coefficient (Wildman–Crippen LogP) is 10.5. The van der Waals surface area contributed by atoms with Gasteiger partial charge < -0.3 is 0 Å². The van der Waals surface area contributed by atoms with E-state index in [-0.39, 0.29) is 17.5 Å². The third-order valence-electron chi connectivity index (χ3n) is 8.88. The maximum absolute atomic E-state index is 2.59. The van der Waals surface area contributed by atoms with Gasteiger partial charge in [-0.15, -0.1) is 0 Å². The van der Waals surface area contributed by atoms with Crippen molar-refractivity contribution in [2.75, 3.05) is 4.90 Å². The highest BCUT2D eigenvalue weighted by Gasteiger charge is 2.47. The van der Waals surface area contributed by atoms with Gasteiger partial charge in [0.1, 0.15) is 11.4 Å². The standard InChI is InChI=1S/C41H43N2/c1-6-30-24-17-25-31(7-2)38(30)43-29-42(39(33-20-13-9-14-21-33)40(43)34-22-15-10-16-23-34)37-28-35(41(3,4)5)26-27-36(37)32-18-11-8-12-19-32/h8-29,39-40H,6-7H2,1-5H3/q+1/t39-,40-/m0/s1. The van der Waals surface area contributed by atoms with E-state index in [9.17, 15) is 0 Å². The molecule has 0 radical (unpaired) electrons. The summed E-state index contributed by atoms with van der Waals surface area (Å²) in [5, 5.41) is 0. The van der Waals surface area contributed by atoms with Crippen molar-refractivity contribution in [3.63, 3.8) is 0 Å². The highest BCUT2D eigenvalue weighted by molar-refractivity contribution is 5.90. The summed E-state index contributed by atoms with van der Waals surface area (Å²) < 4.78 is 2.59. The molecule has 43 heavy (non-hydrogen) atoms. The number of hydrogen-bond acceptors (Lipinski definition) is 1. The summed E-state index contributed by atoms with van der Waals surface area (Å²) in [7, 11) is 0. The van der Waals surface area contributed by atoms with E-state index >= 15 is 0 Å². The van der Waals surface area contributed by atoms with Gasteiger partial charge in [-0.3, -0.25) is 0 Å². The number of benzene rings is 5. The number of hydrogen-bond donors (Lipinski definition) is 0. The van der Waals surface area contributed by atoms with Gasteiger partial charge in [-0.05, 0) is 52.6 Å².